The third-order valence-corrected chi connectivity index (χ3v) is 4.75. The van der Waals surface area contributed by atoms with Crippen LogP contribution < -0.4 is 4.74 Å². The second-order valence-corrected chi connectivity index (χ2v) is 6.99. The molecule has 1 heterocycles. The van der Waals surface area contributed by atoms with Crippen LogP contribution in [0.5, 0.6) is 5.75 Å². The number of ketones is 1. The lowest BCUT2D eigenvalue weighted by molar-refractivity contribution is -0.131. The van der Waals surface area contributed by atoms with Crippen molar-refractivity contribution in [2.45, 2.75) is 46.5 Å². The lowest BCUT2D eigenvalue weighted by Gasteiger charge is -2.13. The Hall–Kier alpha value is -3.01. The number of hydrogen-bond acceptors (Lipinski definition) is 4. The molecule has 0 saturated carbocycles. The Kier molecular flexibility index (Phi) is 6.19. The van der Waals surface area contributed by atoms with Crippen LogP contribution >= 0.6 is 0 Å². The van der Waals surface area contributed by atoms with Gasteiger partial charge in [-0.1, -0.05) is 30.7 Å². The minimum Gasteiger partial charge on any atom is -0.426 e. The second kappa shape index (κ2) is 8.79. The van der Waals surface area contributed by atoms with E-state index >= 15 is 0 Å². The Balaban J connectivity index is 2.06. The predicted molar refractivity (Wildman–Crippen MR) is 111 cm³/mol. The molecule has 3 rings (SSSR count). The molecule has 28 heavy (non-hydrogen) atoms. The van der Waals surface area contributed by atoms with Crippen LogP contribution in [0.25, 0.3) is 11.1 Å². The summed E-state index contributed by atoms with van der Waals surface area (Å²) in [5.74, 6) is 0.157. The first-order chi connectivity index (χ1) is 13.5. The van der Waals surface area contributed by atoms with Crippen molar-refractivity contribution < 1.29 is 14.3 Å². The minimum atomic E-state index is -0.335. The van der Waals surface area contributed by atoms with E-state index in [1.165, 1.54) is 6.92 Å². The van der Waals surface area contributed by atoms with Gasteiger partial charge in [0.05, 0.1) is 5.69 Å². The van der Waals surface area contributed by atoms with E-state index in [0.717, 1.165) is 53.7 Å². The highest BCUT2D eigenvalue weighted by atomic mass is 16.5. The van der Waals surface area contributed by atoms with Gasteiger partial charge in [-0.3, -0.25) is 9.59 Å². The molecule has 144 valence electrons. The Bertz CT molecular complexity index is 970. The Morgan fingerprint density at radius 1 is 1.14 bits per heavy atom. The normalized spacial score (nSPS) is 14.0. The summed E-state index contributed by atoms with van der Waals surface area (Å²) in [5.41, 5.74) is 5.57. The molecule has 0 saturated heterocycles. The third-order valence-electron chi connectivity index (χ3n) is 4.75. The average Bonchev–Trinajstić information content (AvgIpc) is 3.17. The maximum Gasteiger partial charge on any atom is 0.308 e. The fourth-order valence-corrected chi connectivity index (χ4v) is 3.50. The van der Waals surface area contributed by atoms with Crippen LogP contribution in [0.4, 0.5) is 0 Å². The predicted octanol–water partition coefficient (Wildman–Crippen LogP) is 5.56. The van der Waals surface area contributed by atoms with Crippen molar-refractivity contribution in [1.82, 2.24) is 4.98 Å². The van der Waals surface area contributed by atoms with E-state index in [0.29, 0.717) is 11.4 Å². The number of esters is 1. The van der Waals surface area contributed by atoms with Gasteiger partial charge in [0.2, 0.25) is 5.78 Å². The number of allylic oxidation sites excluding steroid dienone is 4. The number of nitrogens with zero attached hydrogens (tertiary/aromatic N) is 1. The van der Waals surface area contributed by atoms with Crippen molar-refractivity contribution >= 4 is 22.9 Å². The van der Waals surface area contributed by atoms with Gasteiger partial charge in [0.15, 0.2) is 0 Å². The molecule has 0 radical (unpaired) electrons. The van der Waals surface area contributed by atoms with Crippen molar-refractivity contribution in [3.8, 4) is 5.75 Å². The van der Waals surface area contributed by atoms with Gasteiger partial charge in [-0.2, -0.15) is 0 Å². The summed E-state index contributed by atoms with van der Waals surface area (Å²) < 4.78 is 5.45. The largest absolute Gasteiger partial charge is 0.426 e. The fourth-order valence-electron chi connectivity index (χ4n) is 3.50. The molecule has 2 aromatic rings. The van der Waals surface area contributed by atoms with E-state index in [4.69, 9.17) is 4.74 Å². The topological polar surface area (TPSA) is 56.3 Å². The van der Waals surface area contributed by atoms with Gasteiger partial charge in [-0.25, -0.2) is 4.98 Å². The molecule has 0 N–H and O–H groups in total. The minimum absolute atomic E-state index is 0.0833. The van der Waals surface area contributed by atoms with Crippen molar-refractivity contribution in [2.75, 3.05) is 0 Å². The molecule has 4 heteroatoms. The zero-order valence-corrected chi connectivity index (χ0v) is 16.6. The first-order valence-corrected chi connectivity index (χ1v) is 9.69. The van der Waals surface area contributed by atoms with Gasteiger partial charge in [0.1, 0.15) is 11.4 Å². The maximum absolute atomic E-state index is 12.3. The Labute approximate surface area is 166 Å². The highest BCUT2D eigenvalue weighted by Gasteiger charge is 2.22. The van der Waals surface area contributed by atoms with Crippen LogP contribution in [0.15, 0.2) is 48.6 Å². The molecule has 0 spiro atoms. The molecule has 0 unspecified atom stereocenters. The molecular formula is C24H25NO3. The van der Waals surface area contributed by atoms with Crippen LogP contribution in [-0.2, 0) is 4.79 Å². The average molecular weight is 375 g/mol. The number of pyridine rings is 1. The molecule has 1 aromatic heterocycles. The van der Waals surface area contributed by atoms with E-state index < -0.39 is 0 Å². The van der Waals surface area contributed by atoms with Crippen LogP contribution in [0.1, 0.15) is 66.8 Å². The lowest BCUT2D eigenvalue weighted by atomic mass is 9.97. The molecule has 1 aliphatic rings. The summed E-state index contributed by atoms with van der Waals surface area (Å²) in [6, 6.07) is 11.4. The van der Waals surface area contributed by atoms with Crippen molar-refractivity contribution in [2.24, 2.45) is 0 Å². The molecule has 1 aromatic carbocycles. The van der Waals surface area contributed by atoms with Gasteiger partial charge < -0.3 is 4.74 Å². The van der Waals surface area contributed by atoms with Crippen LogP contribution in [0.3, 0.4) is 0 Å². The second-order valence-electron chi connectivity index (χ2n) is 6.99. The van der Waals surface area contributed by atoms with Gasteiger partial charge in [0.25, 0.3) is 0 Å². The van der Waals surface area contributed by atoms with Gasteiger partial charge >= 0.3 is 5.97 Å². The SMILES string of the molecule is CC/C=C\C(=O)c1cccc(C2=C(c3cc(C)ccc3OC(C)=O)CCC2)n1. The molecule has 0 amide bonds. The van der Waals surface area contributed by atoms with Crippen molar-refractivity contribution in [3.05, 3.63) is 71.1 Å². The van der Waals surface area contributed by atoms with E-state index in [2.05, 4.69) is 11.1 Å². The highest BCUT2D eigenvalue weighted by molar-refractivity contribution is 6.03. The van der Waals surface area contributed by atoms with E-state index in [9.17, 15) is 9.59 Å². The molecule has 4 nitrogen and oxygen atoms in total. The number of aromatic nitrogens is 1. The summed E-state index contributed by atoms with van der Waals surface area (Å²) in [5, 5.41) is 0. The summed E-state index contributed by atoms with van der Waals surface area (Å²) in [7, 11) is 0. The molecule has 0 atom stereocenters. The third kappa shape index (κ3) is 4.45. The van der Waals surface area contributed by atoms with Crippen LogP contribution in [-0.4, -0.2) is 16.7 Å². The molecule has 0 fully saturated rings. The number of carbonyl (C=O) groups excluding carboxylic acids is 2. The molecule has 1 aliphatic carbocycles. The van der Waals surface area contributed by atoms with Crippen molar-refractivity contribution in [3.63, 3.8) is 0 Å². The highest BCUT2D eigenvalue weighted by Crippen LogP contribution is 2.42. The smallest absolute Gasteiger partial charge is 0.308 e. The number of rotatable bonds is 6. The summed E-state index contributed by atoms with van der Waals surface area (Å²) in [4.78, 5) is 28.5. The zero-order chi connectivity index (χ0) is 20.1. The maximum atomic E-state index is 12.3. The molecule has 0 aliphatic heterocycles. The number of aryl methyl sites for hydroxylation is 1. The standard InChI is InChI=1S/C24H25NO3/c1-4-5-12-23(27)22-11-7-10-21(25-22)19-9-6-8-18(19)20-15-16(2)13-14-24(20)28-17(3)26/h5,7,10-15H,4,6,8-9H2,1-3H3/b12-5-. The molecule has 0 bridgehead atoms. The lowest BCUT2D eigenvalue weighted by Crippen LogP contribution is -2.04. The number of benzene rings is 1. The monoisotopic (exact) mass is 375 g/mol. The van der Waals surface area contributed by atoms with Gasteiger partial charge in [0, 0.05) is 12.5 Å². The number of hydrogen-bond donors (Lipinski definition) is 0. The Morgan fingerprint density at radius 2 is 1.93 bits per heavy atom. The van der Waals surface area contributed by atoms with Gasteiger partial charge in [-0.15, -0.1) is 0 Å². The van der Waals surface area contributed by atoms with E-state index in [1.54, 1.807) is 12.1 Å². The quantitative estimate of drug-likeness (QED) is 0.287. The van der Waals surface area contributed by atoms with E-state index in [1.807, 2.05) is 44.2 Å². The first-order valence-electron chi connectivity index (χ1n) is 9.69. The van der Waals surface area contributed by atoms with Crippen LogP contribution in [0, 0.1) is 6.92 Å². The summed E-state index contributed by atoms with van der Waals surface area (Å²) in [6.45, 7) is 5.42. The Morgan fingerprint density at radius 3 is 2.68 bits per heavy atom. The first kappa shape index (κ1) is 19.7. The fraction of sp³-hybridized carbons (Fsp3) is 0.292. The zero-order valence-electron chi connectivity index (χ0n) is 16.6. The summed E-state index contributed by atoms with van der Waals surface area (Å²) >= 11 is 0. The number of ether oxygens (including phenoxy) is 1. The molecular weight excluding hydrogens is 350 g/mol. The summed E-state index contributed by atoms with van der Waals surface area (Å²) in [6.07, 6.45) is 7.02. The van der Waals surface area contributed by atoms with Crippen molar-refractivity contribution in [1.29, 1.82) is 0 Å². The number of carbonyl (C=O) groups is 2. The van der Waals surface area contributed by atoms with Crippen LogP contribution in [0.2, 0.25) is 0 Å². The van der Waals surface area contributed by atoms with Gasteiger partial charge in [-0.05, 0) is 74.1 Å². The van der Waals surface area contributed by atoms with E-state index in [-0.39, 0.29) is 11.8 Å².